The molecule has 2 heterocycles. The number of ether oxygens (including phenoxy) is 1. The number of benzene rings is 2. The molecule has 7 nitrogen and oxygen atoms in total. The van der Waals surface area contributed by atoms with Crippen molar-refractivity contribution in [2.45, 2.75) is 32.9 Å². The van der Waals surface area contributed by atoms with Crippen molar-refractivity contribution in [3.8, 4) is 5.75 Å². The van der Waals surface area contributed by atoms with E-state index in [-0.39, 0.29) is 5.91 Å². The molecule has 0 atom stereocenters. The number of hydrogen-bond acceptors (Lipinski definition) is 5. The van der Waals surface area contributed by atoms with Crippen molar-refractivity contribution in [1.82, 2.24) is 25.0 Å². The van der Waals surface area contributed by atoms with Crippen molar-refractivity contribution >= 4 is 5.91 Å². The molecule has 0 bridgehead atoms. The van der Waals surface area contributed by atoms with Crippen molar-refractivity contribution in [2.24, 2.45) is 0 Å². The average Bonchev–Trinajstić information content (AvgIpc) is 3.06. The Kier molecular flexibility index (Phi) is 6.62. The molecule has 3 aromatic rings. The van der Waals surface area contributed by atoms with Crippen molar-refractivity contribution in [2.75, 3.05) is 26.7 Å². The van der Waals surface area contributed by atoms with Gasteiger partial charge in [-0.3, -0.25) is 9.69 Å². The van der Waals surface area contributed by atoms with Crippen molar-refractivity contribution in [3.63, 3.8) is 0 Å². The van der Waals surface area contributed by atoms with Gasteiger partial charge in [0.2, 0.25) is 0 Å². The van der Waals surface area contributed by atoms with Gasteiger partial charge in [0.05, 0.1) is 7.11 Å². The lowest BCUT2D eigenvalue weighted by Crippen LogP contribution is -2.28. The van der Waals surface area contributed by atoms with Crippen LogP contribution >= 0.6 is 0 Å². The number of aromatic nitrogens is 3. The fourth-order valence-corrected chi connectivity index (χ4v) is 3.89. The molecule has 1 N–H and O–H groups in total. The van der Waals surface area contributed by atoms with E-state index in [4.69, 9.17) is 4.74 Å². The number of amides is 1. The molecular formula is C24H29N5O2. The maximum atomic E-state index is 12.3. The standard InChI is InChI=1S/C24H29N5O2/c1-18-6-8-20(9-7-18)24(30)25-12-10-22-26-27-23-11-13-28(14-15-29(22)23)17-19-4-3-5-21(16-19)31-2/h3-9,16H,10-15,17H2,1-2H3,(H,25,30). The Morgan fingerprint density at radius 2 is 1.94 bits per heavy atom. The van der Waals surface area contributed by atoms with Crippen LogP contribution in [0.2, 0.25) is 0 Å². The molecule has 4 rings (SSSR count). The predicted octanol–water partition coefficient (Wildman–Crippen LogP) is 2.63. The number of carbonyl (C=O) groups excluding carboxylic acids is 1. The van der Waals surface area contributed by atoms with Gasteiger partial charge >= 0.3 is 0 Å². The summed E-state index contributed by atoms with van der Waals surface area (Å²) in [6.07, 6.45) is 1.53. The first-order valence-electron chi connectivity index (χ1n) is 10.7. The number of methoxy groups -OCH3 is 1. The van der Waals surface area contributed by atoms with Gasteiger partial charge in [0, 0.05) is 51.1 Å². The molecule has 7 heteroatoms. The summed E-state index contributed by atoms with van der Waals surface area (Å²) in [6, 6.07) is 15.8. The third-order valence-electron chi connectivity index (χ3n) is 5.68. The minimum atomic E-state index is -0.0555. The molecule has 1 aliphatic rings. The highest BCUT2D eigenvalue weighted by molar-refractivity contribution is 5.94. The first kappa shape index (κ1) is 21.1. The van der Waals surface area contributed by atoms with Crippen LogP contribution in [0, 0.1) is 6.92 Å². The zero-order valence-corrected chi connectivity index (χ0v) is 18.2. The van der Waals surface area contributed by atoms with Crippen molar-refractivity contribution < 1.29 is 9.53 Å². The minimum absolute atomic E-state index is 0.0555. The van der Waals surface area contributed by atoms with E-state index in [0.29, 0.717) is 18.5 Å². The highest BCUT2D eigenvalue weighted by atomic mass is 16.5. The van der Waals surface area contributed by atoms with Crippen LogP contribution in [0.15, 0.2) is 48.5 Å². The maximum Gasteiger partial charge on any atom is 0.251 e. The predicted molar refractivity (Wildman–Crippen MR) is 119 cm³/mol. The third-order valence-corrected chi connectivity index (χ3v) is 5.68. The Labute approximate surface area is 183 Å². The second-order valence-corrected chi connectivity index (χ2v) is 7.93. The number of nitrogens with one attached hydrogen (secondary N) is 1. The molecule has 1 aromatic heterocycles. The van der Waals surface area contributed by atoms with Gasteiger partial charge in [-0.05, 0) is 36.8 Å². The van der Waals surface area contributed by atoms with Gasteiger partial charge in [-0.2, -0.15) is 0 Å². The first-order chi connectivity index (χ1) is 15.1. The Morgan fingerprint density at radius 3 is 2.74 bits per heavy atom. The maximum absolute atomic E-state index is 12.3. The van der Waals surface area contributed by atoms with E-state index in [1.54, 1.807) is 7.11 Å². The van der Waals surface area contributed by atoms with Crippen LogP contribution in [-0.4, -0.2) is 52.3 Å². The molecule has 0 aliphatic carbocycles. The van der Waals surface area contributed by atoms with Crippen LogP contribution < -0.4 is 10.1 Å². The molecule has 0 unspecified atom stereocenters. The summed E-state index contributed by atoms with van der Waals surface area (Å²) in [5, 5.41) is 11.8. The Balaban J connectivity index is 1.31. The molecule has 0 saturated heterocycles. The summed E-state index contributed by atoms with van der Waals surface area (Å²) < 4.78 is 7.55. The lowest BCUT2D eigenvalue weighted by atomic mass is 10.1. The summed E-state index contributed by atoms with van der Waals surface area (Å²) in [7, 11) is 1.70. The van der Waals surface area contributed by atoms with Gasteiger partial charge < -0.3 is 14.6 Å². The van der Waals surface area contributed by atoms with Crippen LogP contribution in [0.1, 0.15) is 33.1 Å². The van der Waals surface area contributed by atoms with Crippen LogP contribution in [-0.2, 0) is 25.9 Å². The summed E-state index contributed by atoms with van der Waals surface area (Å²) in [5.74, 6) is 2.79. The van der Waals surface area contributed by atoms with E-state index in [1.807, 2.05) is 43.3 Å². The summed E-state index contributed by atoms with van der Waals surface area (Å²) in [4.78, 5) is 14.8. The molecule has 0 fully saturated rings. The van der Waals surface area contributed by atoms with Gasteiger partial charge in [0.15, 0.2) is 0 Å². The van der Waals surface area contributed by atoms with Gasteiger partial charge in [-0.1, -0.05) is 29.8 Å². The topological polar surface area (TPSA) is 72.3 Å². The van der Waals surface area contributed by atoms with E-state index >= 15 is 0 Å². The quantitative estimate of drug-likeness (QED) is 0.637. The SMILES string of the molecule is COc1cccc(CN2CCc3nnc(CCNC(=O)c4ccc(C)cc4)n3CC2)c1. The average molecular weight is 420 g/mol. The van der Waals surface area contributed by atoms with Gasteiger partial charge in [0.1, 0.15) is 17.4 Å². The second kappa shape index (κ2) is 9.75. The van der Waals surface area contributed by atoms with E-state index in [2.05, 4.69) is 37.1 Å². The smallest absolute Gasteiger partial charge is 0.251 e. The van der Waals surface area contributed by atoms with Crippen LogP contribution in [0.4, 0.5) is 0 Å². The summed E-state index contributed by atoms with van der Waals surface area (Å²) >= 11 is 0. The number of nitrogens with zero attached hydrogens (tertiary/aromatic N) is 4. The summed E-state index contributed by atoms with van der Waals surface area (Å²) in [6.45, 7) is 6.17. The molecule has 0 saturated carbocycles. The minimum Gasteiger partial charge on any atom is -0.497 e. The van der Waals surface area contributed by atoms with Crippen LogP contribution in [0.5, 0.6) is 5.75 Å². The van der Waals surface area contributed by atoms with Gasteiger partial charge in [0.25, 0.3) is 5.91 Å². The van der Waals surface area contributed by atoms with Gasteiger partial charge in [-0.25, -0.2) is 0 Å². The highest BCUT2D eigenvalue weighted by Gasteiger charge is 2.19. The highest BCUT2D eigenvalue weighted by Crippen LogP contribution is 2.16. The van der Waals surface area contributed by atoms with E-state index in [9.17, 15) is 4.79 Å². The Morgan fingerprint density at radius 1 is 1.10 bits per heavy atom. The fourth-order valence-electron chi connectivity index (χ4n) is 3.89. The first-order valence-corrected chi connectivity index (χ1v) is 10.7. The van der Waals surface area contributed by atoms with Crippen LogP contribution in [0.25, 0.3) is 0 Å². The molecule has 1 aliphatic heterocycles. The van der Waals surface area contributed by atoms with Crippen molar-refractivity contribution in [3.05, 3.63) is 76.9 Å². The number of hydrogen-bond donors (Lipinski definition) is 1. The zero-order valence-electron chi connectivity index (χ0n) is 18.2. The largest absolute Gasteiger partial charge is 0.497 e. The molecule has 162 valence electrons. The monoisotopic (exact) mass is 419 g/mol. The van der Waals surface area contributed by atoms with E-state index in [1.165, 1.54) is 5.56 Å². The molecule has 1 amide bonds. The molecule has 0 spiro atoms. The lowest BCUT2D eigenvalue weighted by Gasteiger charge is -2.20. The zero-order chi connectivity index (χ0) is 21.6. The fraction of sp³-hybridized carbons (Fsp3) is 0.375. The van der Waals surface area contributed by atoms with Crippen molar-refractivity contribution in [1.29, 1.82) is 0 Å². The molecule has 0 radical (unpaired) electrons. The summed E-state index contributed by atoms with van der Waals surface area (Å²) in [5.41, 5.74) is 3.07. The molecule has 31 heavy (non-hydrogen) atoms. The third kappa shape index (κ3) is 5.30. The number of rotatable bonds is 7. The lowest BCUT2D eigenvalue weighted by molar-refractivity contribution is 0.0954. The number of fused-ring (bicyclic) bond motifs is 1. The molecule has 2 aromatic carbocycles. The van der Waals surface area contributed by atoms with Gasteiger partial charge in [-0.15, -0.1) is 10.2 Å². The second-order valence-electron chi connectivity index (χ2n) is 7.93. The molecular weight excluding hydrogens is 390 g/mol. The van der Waals surface area contributed by atoms with E-state index < -0.39 is 0 Å². The van der Waals surface area contributed by atoms with E-state index in [0.717, 1.165) is 55.6 Å². The van der Waals surface area contributed by atoms with Crippen LogP contribution in [0.3, 0.4) is 0 Å². The number of aryl methyl sites for hydroxylation is 1. The Bertz CT molecular complexity index is 1030. The normalized spacial score (nSPS) is 14.0. The number of carbonyl (C=O) groups is 1. The Hall–Kier alpha value is -3.19.